The SMILES string of the molecule is Cc1c(C(=O)O)sc2ncnc(Sc3ccc(Cl)cc3)c12. The van der Waals surface area contributed by atoms with Crippen molar-refractivity contribution in [2.45, 2.75) is 16.8 Å². The molecule has 21 heavy (non-hydrogen) atoms. The first-order chi connectivity index (χ1) is 10.1. The normalized spacial score (nSPS) is 11.0. The maximum Gasteiger partial charge on any atom is 0.346 e. The van der Waals surface area contributed by atoms with Gasteiger partial charge in [0.1, 0.15) is 21.1 Å². The molecule has 1 aromatic carbocycles. The maximum absolute atomic E-state index is 11.2. The zero-order valence-corrected chi connectivity index (χ0v) is 13.2. The van der Waals surface area contributed by atoms with Gasteiger partial charge in [0.2, 0.25) is 0 Å². The lowest BCUT2D eigenvalue weighted by Gasteiger charge is -2.03. The summed E-state index contributed by atoms with van der Waals surface area (Å²) in [6, 6.07) is 7.43. The quantitative estimate of drug-likeness (QED) is 0.713. The first-order valence-corrected chi connectivity index (χ1v) is 7.98. The predicted molar refractivity (Wildman–Crippen MR) is 84.7 cm³/mol. The topological polar surface area (TPSA) is 63.1 Å². The Kier molecular flexibility index (Phi) is 3.84. The summed E-state index contributed by atoms with van der Waals surface area (Å²) >= 11 is 8.52. The van der Waals surface area contributed by atoms with Crippen LogP contribution in [0.2, 0.25) is 5.02 Å². The molecule has 1 N–H and O–H groups in total. The summed E-state index contributed by atoms with van der Waals surface area (Å²) in [5.41, 5.74) is 0.708. The Bertz CT molecular complexity index is 831. The molecule has 3 rings (SSSR count). The van der Waals surface area contributed by atoms with Gasteiger partial charge in [-0.3, -0.25) is 0 Å². The van der Waals surface area contributed by atoms with E-state index in [-0.39, 0.29) is 0 Å². The Labute approximate surface area is 133 Å². The van der Waals surface area contributed by atoms with Gasteiger partial charge >= 0.3 is 5.97 Å². The number of aromatic nitrogens is 2. The fourth-order valence-electron chi connectivity index (χ4n) is 1.93. The van der Waals surface area contributed by atoms with Crippen molar-refractivity contribution < 1.29 is 9.90 Å². The van der Waals surface area contributed by atoms with Crippen molar-refractivity contribution >= 4 is 50.9 Å². The van der Waals surface area contributed by atoms with Crippen molar-refractivity contribution in [1.82, 2.24) is 9.97 Å². The second-order valence-electron chi connectivity index (χ2n) is 4.28. The van der Waals surface area contributed by atoms with Crippen molar-refractivity contribution in [3.63, 3.8) is 0 Å². The number of carboxylic acid groups (broad SMARTS) is 1. The van der Waals surface area contributed by atoms with E-state index in [4.69, 9.17) is 11.6 Å². The molecule has 2 aromatic heterocycles. The number of aryl methyl sites for hydroxylation is 1. The van der Waals surface area contributed by atoms with Crippen LogP contribution >= 0.6 is 34.7 Å². The Hall–Kier alpha value is -1.63. The molecule has 7 heteroatoms. The number of fused-ring (bicyclic) bond motifs is 1. The van der Waals surface area contributed by atoms with Gasteiger partial charge in [-0.15, -0.1) is 11.3 Å². The summed E-state index contributed by atoms with van der Waals surface area (Å²) < 4.78 is 0. The largest absolute Gasteiger partial charge is 0.477 e. The van der Waals surface area contributed by atoms with Gasteiger partial charge in [0.05, 0.1) is 0 Å². The summed E-state index contributed by atoms with van der Waals surface area (Å²) in [6.45, 7) is 1.79. The Morgan fingerprint density at radius 3 is 2.67 bits per heavy atom. The van der Waals surface area contributed by atoms with Crippen LogP contribution in [0.5, 0.6) is 0 Å². The highest BCUT2D eigenvalue weighted by atomic mass is 35.5. The molecule has 0 spiro atoms. The van der Waals surface area contributed by atoms with Gasteiger partial charge in [-0.2, -0.15) is 0 Å². The van der Waals surface area contributed by atoms with Gasteiger partial charge in [-0.05, 0) is 36.8 Å². The van der Waals surface area contributed by atoms with E-state index in [1.165, 1.54) is 29.4 Å². The molecule has 3 aromatic rings. The second kappa shape index (κ2) is 5.63. The van der Waals surface area contributed by atoms with Crippen LogP contribution in [0.1, 0.15) is 15.2 Å². The van der Waals surface area contributed by atoms with Crippen molar-refractivity contribution in [2.24, 2.45) is 0 Å². The highest BCUT2D eigenvalue weighted by Gasteiger charge is 2.18. The minimum Gasteiger partial charge on any atom is -0.477 e. The number of carbonyl (C=O) groups is 1. The monoisotopic (exact) mass is 336 g/mol. The predicted octanol–water partition coefficient (Wildman–Crippen LogP) is 4.50. The van der Waals surface area contributed by atoms with Crippen LogP contribution in [0.3, 0.4) is 0 Å². The third-order valence-electron chi connectivity index (χ3n) is 2.91. The van der Waals surface area contributed by atoms with Crippen LogP contribution in [-0.2, 0) is 0 Å². The number of halogens is 1. The molecule has 2 heterocycles. The second-order valence-corrected chi connectivity index (χ2v) is 6.77. The number of hydrogen-bond donors (Lipinski definition) is 1. The standard InChI is InChI=1S/C14H9ClN2O2S2/c1-7-10-12(20-9-4-2-8(15)3-5-9)16-6-17-13(10)21-11(7)14(18)19/h2-6H,1H3,(H,18,19). The van der Waals surface area contributed by atoms with Gasteiger partial charge in [0, 0.05) is 15.3 Å². The average Bonchev–Trinajstić information content (AvgIpc) is 2.80. The Morgan fingerprint density at radius 2 is 2.00 bits per heavy atom. The summed E-state index contributed by atoms with van der Waals surface area (Å²) in [5, 5.41) is 11.5. The average molecular weight is 337 g/mol. The van der Waals surface area contributed by atoms with E-state index in [1.807, 2.05) is 24.3 Å². The fraction of sp³-hybridized carbons (Fsp3) is 0.0714. The van der Waals surface area contributed by atoms with Gasteiger partial charge in [-0.1, -0.05) is 23.4 Å². The minimum absolute atomic E-state index is 0.309. The van der Waals surface area contributed by atoms with E-state index in [0.29, 0.717) is 20.3 Å². The molecule has 0 fully saturated rings. The number of nitrogens with zero attached hydrogens (tertiary/aromatic N) is 2. The first kappa shape index (κ1) is 14.3. The van der Waals surface area contributed by atoms with Gasteiger partial charge < -0.3 is 5.11 Å². The Balaban J connectivity index is 2.10. The number of hydrogen-bond acceptors (Lipinski definition) is 5. The fourth-order valence-corrected chi connectivity index (χ4v) is 4.06. The smallest absolute Gasteiger partial charge is 0.346 e. The number of rotatable bonds is 3. The van der Waals surface area contributed by atoms with Crippen molar-refractivity contribution in [2.75, 3.05) is 0 Å². The van der Waals surface area contributed by atoms with Crippen molar-refractivity contribution in [3.8, 4) is 0 Å². The molecule has 0 saturated heterocycles. The zero-order valence-electron chi connectivity index (χ0n) is 10.8. The molecule has 0 aliphatic carbocycles. The minimum atomic E-state index is -0.932. The third kappa shape index (κ3) is 2.74. The first-order valence-electron chi connectivity index (χ1n) is 5.97. The van der Waals surface area contributed by atoms with Crippen LogP contribution in [0.25, 0.3) is 10.2 Å². The molecular weight excluding hydrogens is 328 g/mol. The molecule has 0 aliphatic rings. The van der Waals surface area contributed by atoms with Crippen molar-refractivity contribution in [1.29, 1.82) is 0 Å². The third-order valence-corrected chi connectivity index (χ3v) is 5.36. The van der Waals surface area contributed by atoms with E-state index in [0.717, 1.165) is 15.3 Å². The van der Waals surface area contributed by atoms with Gasteiger partial charge in [-0.25, -0.2) is 14.8 Å². The zero-order chi connectivity index (χ0) is 15.0. The number of aromatic carboxylic acids is 1. The van der Waals surface area contributed by atoms with E-state index >= 15 is 0 Å². The molecule has 4 nitrogen and oxygen atoms in total. The van der Waals surface area contributed by atoms with Crippen LogP contribution in [0, 0.1) is 6.92 Å². The summed E-state index contributed by atoms with van der Waals surface area (Å²) in [7, 11) is 0. The van der Waals surface area contributed by atoms with Crippen LogP contribution < -0.4 is 0 Å². The molecular formula is C14H9ClN2O2S2. The summed E-state index contributed by atoms with van der Waals surface area (Å²) in [4.78, 5) is 21.7. The molecule has 0 radical (unpaired) electrons. The van der Waals surface area contributed by atoms with Crippen molar-refractivity contribution in [3.05, 3.63) is 46.1 Å². The summed E-state index contributed by atoms with van der Waals surface area (Å²) in [6.07, 6.45) is 1.46. The number of benzene rings is 1. The van der Waals surface area contributed by atoms with E-state index in [9.17, 15) is 9.90 Å². The highest BCUT2D eigenvalue weighted by Crippen LogP contribution is 2.37. The molecule has 0 unspecified atom stereocenters. The lowest BCUT2D eigenvalue weighted by molar-refractivity contribution is 0.0701. The number of thiophene rings is 1. The molecule has 106 valence electrons. The van der Waals surface area contributed by atoms with Crippen LogP contribution in [0.4, 0.5) is 0 Å². The number of carboxylic acids is 1. The van der Waals surface area contributed by atoms with Gasteiger partial charge in [0.25, 0.3) is 0 Å². The van der Waals surface area contributed by atoms with E-state index in [1.54, 1.807) is 6.92 Å². The maximum atomic E-state index is 11.2. The van der Waals surface area contributed by atoms with Crippen LogP contribution in [-0.4, -0.2) is 21.0 Å². The molecule has 0 aliphatic heterocycles. The lowest BCUT2D eigenvalue weighted by atomic mass is 10.2. The lowest BCUT2D eigenvalue weighted by Crippen LogP contribution is -1.94. The van der Waals surface area contributed by atoms with Gasteiger partial charge in [0.15, 0.2) is 0 Å². The Morgan fingerprint density at radius 1 is 1.29 bits per heavy atom. The highest BCUT2D eigenvalue weighted by molar-refractivity contribution is 7.99. The van der Waals surface area contributed by atoms with E-state index in [2.05, 4.69) is 9.97 Å². The van der Waals surface area contributed by atoms with Crippen LogP contribution in [0.15, 0.2) is 40.5 Å². The molecule has 0 atom stereocenters. The molecule has 0 saturated carbocycles. The summed E-state index contributed by atoms with van der Waals surface area (Å²) in [5.74, 6) is -0.932. The van der Waals surface area contributed by atoms with E-state index < -0.39 is 5.97 Å². The molecule has 0 bridgehead atoms. The molecule has 0 amide bonds.